The first kappa shape index (κ1) is 47.6. The summed E-state index contributed by atoms with van der Waals surface area (Å²) in [6, 6.07) is 30.7. The smallest absolute Gasteiger partial charge is 0.408 e. The molecule has 14 heteroatoms. The van der Waals surface area contributed by atoms with Crippen molar-refractivity contribution < 1.29 is 33.4 Å². The molecule has 0 saturated carbocycles. The van der Waals surface area contributed by atoms with Crippen LogP contribution >= 0.6 is 0 Å². The van der Waals surface area contributed by atoms with Crippen LogP contribution in [-0.4, -0.2) is 80.0 Å². The Balaban J connectivity index is 0.936. The van der Waals surface area contributed by atoms with Crippen molar-refractivity contribution in [1.29, 1.82) is 0 Å². The molecule has 0 aliphatic carbocycles. The van der Waals surface area contributed by atoms with Crippen LogP contribution < -0.4 is 16.0 Å². The van der Waals surface area contributed by atoms with Gasteiger partial charge in [-0.1, -0.05) is 96.8 Å². The van der Waals surface area contributed by atoms with Crippen molar-refractivity contribution in [3.8, 4) is 23.1 Å². The number of rotatable bonds is 11. The molecule has 348 valence electrons. The minimum atomic E-state index is -1.01. The van der Waals surface area contributed by atoms with Crippen molar-refractivity contribution in [1.82, 2.24) is 35.7 Å². The quantitative estimate of drug-likeness (QED) is 0.0959. The summed E-state index contributed by atoms with van der Waals surface area (Å²) in [5.41, 5.74) is 4.03. The Hall–Kier alpha value is -7.40. The number of carbonyl (C=O) groups excluding carboxylic acids is 5. The molecule has 4 aromatic carbocycles. The van der Waals surface area contributed by atoms with Gasteiger partial charge in [-0.3, -0.25) is 14.4 Å². The van der Waals surface area contributed by atoms with Gasteiger partial charge in [-0.05, 0) is 114 Å². The summed E-state index contributed by atoms with van der Waals surface area (Å²) in [6.07, 6.45) is 3.10. The Bertz CT molecular complexity index is 2590. The van der Waals surface area contributed by atoms with Gasteiger partial charge in [-0.25, -0.2) is 14.6 Å². The first-order valence-corrected chi connectivity index (χ1v) is 22.8. The van der Waals surface area contributed by atoms with Gasteiger partial charge >= 0.3 is 12.2 Å². The third-order valence-corrected chi connectivity index (χ3v) is 11.3. The van der Waals surface area contributed by atoms with E-state index in [1.165, 1.54) is 0 Å². The lowest BCUT2D eigenvalue weighted by molar-refractivity contribution is -0.140. The normalized spacial score (nSPS) is 16.8. The average molecular weight is 906 g/mol. The van der Waals surface area contributed by atoms with Gasteiger partial charge in [0.25, 0.3) is 11.8 Å². The number of amides is 5. The number of hydrogen-bond acceptors (Lipinski definition) is 8. The minimum Gasteiger partial charge on any atom is -0.444 e. The molecule has 7 rings (SSSR count). The van der Waals surface area contributed by atoms with E-state index < -0.39 is 41.5 Å². The fourth-order valence-corrected chi connectivity index (χ4v) is 8.21. The monoisotopic (exact) mass is 905 g/mol. The highest BCUT2D eigenvalue weighted by Crippen LogP contribution is 2.34. The van der Waals surface area contributed by atoms with Crippen LogP contribution in [0.1, 0.15) is 119 Å². The molecule has 5 aromatic rings. The summed E-state index contributed by atoms with van der Waals surface area (Å²) >= 11 is 0. The molecular weight excluding hydrogens is 847 g/mol. The summed E-state index contributed by atoms with van der Waals surface area (Å²) in [4.78, 5) is 78.6. The van der Waals surface area contributed by atoms with Gasteiger partial charge in [0.05, 0.1) is 17.9 Å². The molecule has 3 heterocycles. The molecule has 0 radical (unpaired) electrons. The van der Waals surface area contributed by atoms with Crippen molar-refractivity contribution in [2.45, 2.75) is 109 Å². The SMILES string of the molecule is CC(C)(C)OC(=O)NC(C(=O)N1CCCC1C(=O)NCc1ccc(C#Cc2ccc(-c3cnc(C4CCCN4C(=O)C(NC(=O)OC(C)(C)C)c4ccccc4)[nH]3)cc2)cc1)c1ccccc1. The molecule has 4 unspecified atom stereocenters. The van der Waals surface area contributed by atoms with E-state index >= 15 is 0 Å². The van der Waals surface area contributed by atoms with Crippen molar-refractivity contribution in [2.75, 3.05) is 13.1 Å². The van der Waals surface area contributed by atoms with Crippen molar-refractivity contribution >= 4 is 29.9 Å². The number of carbonyl (C=O) groups is 5. The maximum Gasteiger partial charge on any atom is 0.408 e. The Labute approximate surface area is 392 Å². The molecule has 0 bridgehead atoms. The summed E-state index contributed by atoms with van der Waals surface area (Å²) < 4.78 is 11.0. The van der Waals surface area contributed by atoms with Gasteiger partial charge in [-0.2, -0.15) is 0 Å². The van der Waals surface area contributed by atoms with E-state index in [9.17, 15) is 24.0 Å². The first-order valence-electron chi connectivity index (χ1n) is 22.8. The number of nitrogens with zero attached hydrogens (tertiary/aromatic N) is 3. The Morgan fingerprint density at radius 3 is 1.70 bits per heavy atom. The van der Waals surface area contributed by atoms with Gasteiger partial charge in [0.2, 0.25) is 5.91 Å². The van der Waals surface area contributed by atoms with E-state index in [-0.39, 0.29) is 30.3 Å². The lowest BCUT2D eigenvalue weighted by Crippen LogP contribution is -2.50. The van der Waals surface area contributed by atoms with E-state index in [2.05, 4.69) is 32.8 Å². The molecule has 4 N–H and O–H groups in total. The number of alkyl carbamates (subject to hydrolysis) is 2. The standard InChI is InChI=1S/C53H59N7O7/c1-52(2,3)66-50(64)57-44(39-15-9-7-10-16-39)48(62)59-31-13-19-42(59)46-54-34-41(56-46)38-29-27-36(28-30-38)22-21-35-23-25-37(26-24-35)33-55-47(61)43-20-14-32-60(43)49(63)45(40-17-11-8-12-18-40)58-51(65)67-53(4,5)6/h7-12,15-18,23-30,34,42-45H,13-14,19-20,31-33H2,1-6H3,(H,54,56)(H,55,61)(H,57,64)(H,58,65). The molecular formula is C53H59N7O7. The number of H-pyrrole nitrogens is 1. The number of benzene rings is 4. The van der Waals surface area contributed by atoms with Crippen LogP contribution in [0.5, 0.6) is 0 Å². The zero-order chi connectivity index (χ0) is 47.7. The number of imidazole rings is 1. The maximum atomic E-state index is 14.1. The maximum absolute atomic E-state index is 14.1. The van der Waals surface area contributed by atoms with Crippen molar-refractivity contribution in [3.05, 3.63) is 149 Å². The van der Waals surface area contributed by atoms with Crippen LogP contribution in [0.25, 0.3) is 11.3 Å². The predicted octanol–water partition coefficient (Wildman–Crippen LogP) is 8.28. The Morgan fingerprint density at radius 1 is 0.672 bits per heavy atom. The zero-order valence-electron chi connectivity index (χ0n) is 38.9. The fourth-order valence-electron chi connectivity index (χ4n) is 8.21. The van der Waals surface area contributed by atoms with Crippen LogP contribution in [-0.2, 0) is 30.4 Å². The number of aromatic nitrogens is 2. The molecule has 2 aliphatic rings. The molecule has 2 saturated heterocycles. The van der Waals surface area contributed by atoms with Crippen molar-refractivity contribution in [2.24, 2.45) is 0 Å². The van der Waals surface area contributed by atoms with Gasteiger partial charge in [0, 0.05) is 30.8 Å². The molecule has 2 aliphatic heterocycles. The first-order chi connectivity index (χ1) is 32.0. The second-order valence-electron chi connectivity index (χ2n) is 18.8. The van der Waals surface area contributed by atoms with E-state index in [0.29, 0.717) is 42.9 Å². The summed E-state index contributed by atoms with van der Waals surface area (Å²) in [6.45, 7) is 11.8. The second kappa shape index (κ2) is 20.8. The predicted molar refractivity (Wildman–Crippen MR) is 254 cm³/mol. The molecule has 4 atom stereocenters. The Kier molecular flexibility index (Phi) is 14.8. The minimum absolute atomic E-state index is 0.228. The van der Waals surface area contributed by atoms with Gasteiger partial charge in [-0.15, -0.1) is 0 Å². The van der Waals surface area contributed by atoms with E-state index in [0.717, 1.165) is 40.8 Å². The lowest BCUT2D eigenvalue weighted by Gasteiger charge is -2.29. The topological polar surface area (TPSA) is 175 Å². The molecule has 14 nitrogen and oxygen atoms in total. The number of nitrogens with one attached hydrogen (secondary N) is 4. The molecule has 0 spiro atoms. The summed E-state index contributed by atoms with van der Waals surface area (Å²) in [5, 5.41) is 8.53. The number of ether oxygens (including phenoxy) is 2. The third-order valence-electron chi connectivity index (χ3n) is 11.3. The molecule has 67 heavy (non-hydrogen) atoms. The van der Waals surface area contributed by atoms with Gasteiger partial charge in [0.1, 0.15) is 35.2 Å². The highest BCUT2D eigenvalue weighted by Gasteiger charge is 2.40. The van der Waals surface area contributed by atoms with Crippen LogP contribution in [0.15, 0.2) is 115 Å². The zero-order valence-corrected chi connectivity index (χ0v) is 38.9. The largest absolute Gasteiger partial charge is 0.444 e. The fraction of sp³-hybridized carbons (Fsp3) is 0.358. The number of aromatic amines is 1. The van der Waals surface area contributed by atoms with E-state index in [1.807, 2.05) is 84.9 Å². The van der Waals surface area contributed by atoms with Crippen molar-refractivity contribution in [3.63, 3.8) is 0 Å². The van der Waals surface area contributed by atoms with Crippen LogP contribution in [0.4, 0.5) is 9.59 Å². The van der Waals surface area contributed by atoms with Gasteiger partial charge in [0.15, 0.2) is 0 Å². The Morgan fingerprint density at radius 2 is 1.16 bits per heavy atom. The van der Waals surface area contributed by atoms with E-state index in [4.69, 9.17) is 14.5 Å². The van der Waals surface area contributed by atoms with E-state index in [1.54, 1.807) is 81.8 Å². The average Bonchev–Trinajstić information content (AvgIpc) is 4.11. The number of likely N-dealkylation sites (tertiary alicyclic amines) is 2. The van der Waals surface area contributed by atoms with Gasteiger partial charge < -0.3 is 40.2 Å². The van der Waals surface area contributed by atoms with Crippen LogP contribution in [0.2, 0.25) is 0 Å². The second-order valence-corrected chi connectivity index (χ2v) is 18.8. The number of hydrogen-bond donors (Lipinski definition) is 4. The van der Waals surface area contributed by atoms with Crippen LogP contribution in [0, 0.1) is 11.8 Å². The van der Waals surface area contributed by atoms with Crippen LogP contribution in [0.3, 0.4) is 0 Å². The summed E-state index contributed by atoms with van der Waals surface area (Å²) in [7, 11) is 0. The molecule has 5 amide bonds. The highest BCUT2D eigenvalue weighted by atomic mass is 16.6. The summed E-state index contributed by atoms with van der Waals surface area (Å²) in [5.74, 6) is 6.26. The highest BCUT2D eigenvalue weighted by molar-refractivity contribution is 5.92. The molecule has 1 aromatic heterocycles. The molecule has 2 fully saturated rings. The lowest BCUT2D eigenvalue weighted by atomic mass is 10.0. The third kappa shape index (κ3) is 12.7.